The van der Waals surface area contributed by atoms with Gasteiger partial charge in [0.25, 0.3) is 0 Å². The molecule has 0 saturated carbocycles. The second-order valence-corrected chi connectivity index (χ2v) is 7.07. The number of nitrogens with zero attached hydrogens (tertiary/aromatic N) is 1. The molecule has 3 nitrogen and oxygen atoms in total. The Hall–Kier alpha value is -3.22. The van der Waals surface area contributed by atoms with Gasteiger partial charge in [0.2, 0.25) is 0 Å². The lowest BCUT2D eigenvalue weighted by atomic mass is 9.75. The Bertz CT molecular complexity index is 1040. The Morgan fingerprint density at radius 3 is 2.25 bits per heavy atom. The summed E-state index contributed by atoms with van der Waals surface area (Å²) in [5, 5.41) is 10.9. The van der Waals surface area contributed by atoms with Crippen molar-refractivity contribution in [2.75, 3.05) is 7.11 Å². The molecule has 0 aromatic heterocycles. The summed E-state index contributed by atoms with van der Waals surface area (Å²) in [7, 11) is 1.63. The highest BCUT2D eigenvalue weighted by Crippen LogP contribution is 2.50. The molecule has 0 bridgehead atoms. The summed E-state index contributed by atoms with van der Waals surface area (Å²) in [6.45, 7) is 0. The van der Waals surface area contributed by atoms with E-state index in [1.807, 2.05) is 72.8 Å². The minimum Gasteiger partial charge on any atom is -0.497 e. The van der Waals surface area contributed by atoms with E-state index in [-0.39, 0.29) is 0 Å². The number of benzene rings is 3. The first-order valence-corrected chi connectivity index (χ1v) is 9.30. The highest BCUT2D eigenvalue weighted by Gasteiger charge is 2.47. The van der Waals surface area contributed by atoms with Gasteiger partial charge in [0.05, 0.1) is 13.2 Å². The number of nitriles is 1. The van der Waals surface area contributed by atoms with E-state index in [4.69, 9.17) is 21.1 Å². The van der Waals surface area contributed by atoms with Crippen molar-refractivity contribution in [3.63, 3.8) is 0 Å². The van der Waals surface area contributed by atoms with Gasteiger partial charge in [-0.1, -0.05) is 66.2 Å². The number of rotatable bonds is 4. The van der Waals surface area contributed by atoms with Crippen LogP contribution in [0.1, 0.15) is 22.8 Å². The van der Waals surface area contributed by atoms with Gasteiger partial charge in [-0.05, 0) is 41.5 Å². The first-order chi connectivity index (χ1) is 13.7. The molecule has 138 valence electrons. The average molecular weight is 388 g/mol. The lowest BCUT2D eigenvalue weighted by Crippen LogP contribution is -2.27. The SMILES string of the molecule is COc1ccc([C@H]2OC(c3ccccc3)=C[C@@]2(C#N)c2ccc(Cl)cc2)cc1. The van der Waals surface area contributed by atoms with Crippen LogP contribution in [-0.4, -0.2) is 7.11 Å². The largest absolute Gasteiger partial charge is 0.497 e. The van der Waals surface area contributed by atoms with Crippen LogP contribution in [0, 0.1) is 11.3 Å². The summed E-state index contributed by atoms with van der Waals surface area (Å²) in [4.78, 5) is 0. The summed E-state index contributed by atoms with van der Waals surface area (Å²) < 4.78 is 11.6. The maximum absolute atomic E-state index is 10.3. The van der Waals surface area contributed by atoms with Gasteiger partial charge < -0.3 is 9.47 Å². The molecule has 1 aliphatic heterocycles. The molecule has 4 heteroatoms. The average Bonchev–Trinajstić information content (AvgIpc) is 3.16. The molecule has 0 spiro atoms. The molecule has 2 atom stereocenters. The normalized spacial score (nSPS) is 20.8. The smallest absolute Gasteiger partial charge is 0.150 e. The van der Waals surface area contributed by atoms with Crippen LogP contribution in [0.25, 0.3) is 5.76 Å². The molecular formula is C24H18ClNO2. The van der Waals surface area contributed by atoms with Crippen molar-refractivity contribution in [2.24, 2.45) is 0 Å². The molecule has 0 N–H and O–H groups in total. The van der Waals surface area contributed by atoms with Crippen molar-refractivity contribution < 1.29 is 9.47 Å². The lowest BCUT2D eigenvalue weighted by molar-refractivity contribution is 0.155. The molecular weight excluding hydrogens is 370 g/mol. The van der Waals surface area contributed by atoms with E-state index in [1.165, 1.54) is 0 Å². The fraction of sp³-hybridized carbons (Fsp3) is 0.125. The van der Waals surface area contributed by atoms with Crippen molar-refractivity contribution in [3.05, 3.63) is 107 Å². The number of methoxy groups -OCH3 is 1. The van der Waals surface area contributed by atoms with Crippen molar-refractivity contribution in [3.8, 4) is 11.8 Å². The van der Waals surface area contributed by atoms with E-state index >= 15 is 0 Å². The predicted octanol–water partition coefficient (Wildman–Crippen LogP) is 5.92. The second-order valence-electron chi connectivity index (χ2n) is 6.63. The fourth-order valence-electron chi connectivity index (χ4n) is 3.52. The van der Waals surface area contributed by atoms with Gasteiger partial charge in [-0.2, -0.15) is 5.26 Å². The van der Waals surface area contributed by atoms with Gasteiger partial charge in [0, 0.05) is 10.6 Å². The van der Waals surface area contributed by atoms with E-state index < -0.39 is 11.5 Å². The quantitative estimate of drug-likeness (QED) is 0.557. The highest BCUT2D eigenvalue weighted by molar-refractivity contribution is 6.30. The third-order valence-corrected chi connectivity index (χ3v) is 5.25. The first kappa shape index (κ1) is 18.2. The summed E-state index contributed by atoms with van der Waals surface area (Å²) in [6.07, 6.45) is 1.43. The Labute approximate surface area is 169 Å². The van der Waals surface area contributed by atoms with Gasteiger partial charge in [-0.25, -0.2) is 0 Å². The van der Waals surface area contributed by atoms with E-state index in [0.29, 0.717) is 10.8 Å². The van der Waals surface area contributed by atoms with Crippen LogP contribution < -0.4 is 4.74 Å². The first-order valence-electron chi connectivity index (χ1n) is 8.92. The topological polar surface area (TPSA) is 42.2 Å². The van der Waals surface area contributed by atoms with Gasteiger partial charge in [0.1, 0.15) is 16.9 Å². The molecule has 4 rings (SSSR count). The lowest BCUT2D eigenvalue weighted by Gasteiger charge is -2.27. The Morgan fingerprint density at radius 2 is 1.64 bits per heavy atom. The minimum absolute atomic E-state index is 0.486. The molecule has 0 unspecified atom stereocenters. The number of hydrogen-bond acceptors (Lipinski definition) is 3. The minimum atomic E-state index is -0.968. The van der Waals surface area contributed by atoms with Crippen molar-refractivity contribution in [1.82, 2.24) is 0 Å². The summed E-state index contributed by atoms with van der Waals surface area (Å²) in [5.74, 6) is 1.45. The van der Waals surface area contributed by atoms with Crippen LogP contribution in [0.3, 0.4) is 0 Å². The van der Waals surface area contributed by atoms with Gasteiger partial charge in [0.15, 0.2) is 6.10 Å². The molecule has 1 aliphatic rings. The Morgan fingerprint density at radius 1 is 0.964 bits per heavy atom. The Balaban J connectivity index is 1.86. The van der Waals surface area contributed by atoms with Crippen LogP contribution in [0.15, 0.2) is 84.9 Å². The number of hydrogen-bond donors (Lipinski definition) is 0. The third-order valence-electron chi connectivity index (χ3n) is 5.00. The van der Waals surface area contributed by atoms with Crippen molar-refractivity contribution in [2.45, 2.75) is 11.5 Å². The molecule has 1 heterocycles. The van der Waals surface area contributed by atoms with E-state index in [1.54, 1.807) is 19.2 Å². The molecule has 0 saturated heterocycles. The van der Waals surface area contributed by atoms with E-state index in [2.05, 4.69) is 6.07 Å². The van der Waals surface area contributed by atoms with Crippen LogP contribution in [0.5, 0.6) is 5.75 Å². The van der Waals surface area contributed by atoms with Gasteiger partial charge in [-0.3, -0.25) is 0 Å². The van der Waals surface area contributed by atoms with Crippen LogP contribution in [0.4, 0.5) is 0 Å². The predicted molar refractivity (Wildman–Crippen MR) is 110 cm³/mol. The van der Waals surface area contributed by atoms with Crippen LogP contribution >= 0.6 is 11.6 Å². The second kappa shape index (κ2) is 7.42. The zero-order valence-electron chi connectivity index (χ0n) is 15.3. The number of ether oxygens (including phenoxy) is 2. The zero-order valence-corrected chi connectivity index (χ0v) is 16.1. The van der Waals surface area contributed by atoms with E-state index in [0.717, 1.165) is 22.4 Å². The molecule has 0 fully saturated rings. The molecule has 0 amide bonds. The molecule has 0 radical (unpaired) electrons. The van der Waals surface area contributed by atoms with Gasteiger partial charge >= 0.3 is 0 Å². The Kier molecular flexibility index (Phi) is 4.81. The highest BCUT2D eigenvalue weighted by atomic mass is 35.5. The molecule has 28 heavy (non-hydrogen) atoms. The number of halogens is 1. The summed E-state index contributed by atoms with van der Waals surface area (Å²) >= 11 is 6.07. The molecule has 3 aromatic rings. The molecule has 3 aromatic carbocycles. The van der Waals surface area contributed by atoms with Crippen LogP contribution in [-0.2, 0) is 10.2 Å². The summed E-state index contributed by atoms with van der Waals surface area (Å²) in [6, 6.07) is 27.3. The third kappa shape index (κ3) is 3.13. The summed E-state index contributed by atoms with van der Waals surface area (Å²) in [5.41, 5.74) is 1.71. The van der Waals surface area contributed by atoms with E-state index in [9.17, 15) is 5.26 Å². The maximum atomic E-state index is 10.3. The van der Waals surface area contributed by atoms with Crippen molar-refractivity contribution >= 4 is 17.4 Å². The fourth-order valence-corrected chi connectivity index (χ4v) is 3.64. The van der Waals surface area contributed by atoms with Gasteiger partial charge in [-0.15, -0.1) is 0 Å². The molecule has 0 aliphatic carbocycles. The standard InChI is InChI=1S/C24H18ClNO2/c1-27-21-13-7-18(8-14-21)23-24(16-26,19-9-11-20(25)12-10-19)15-22(28-23)17-5-3-2-4-6-17/h2-15,23H,1H3/t23-,24-/m1/s1. The maximum Gasteiger partial charge on any atom is 0.150 e. The van der Waals surface area contributed by atoms with Crippen molar-refractivity contribution in [1.29, 1.82) is 5.26 Å². The zero-order chi connectivity index (χ0) is 19.6. The monoisotopic (exact) mass is 387 g/mol. The van der Waals surface area contributed by atoms with Crippen LogP contribution in [0.2, 0.25) is 5.02 Å².